The van der Waals surface area contributed by atoms with E-state index in [1.807, 2.05) is 19.1 Å². The van der Waals surface area contributed by atoms with Gasteiger partial charge in [-0.1, -0.05) is 29.3 Å². The van der Waals surface area contributed by atoms with Gasteiger partial charge in [-0.05, 0) is 84.8 Å². The molecule has 2 aromatic rings. The van der Waals surface area contributed by atoms with Crippen LogP contribution in [0.25, 0.3) is 0 Å². The Morgan fingerprint density at radius 2 is 1.93 bits per heavy atom. The van der Waals surface area contributed by atoms with Gasteiger partial charge in [-0.25, -0.2) is 0 Å². The summed E-state index contributed by atoms with van der Waals surface area (Å²) in [5.74, 6) is 1.66. The van der Waals surface area contributed by atoms with Crippen molar-refractivity contribution in [1.29, 1.82) is 0 Å². The first kappa shape index (κ1) is 21.6. The van der Waals surface area contributed by atoms with Gasteiger partial charge in [0, 0.05) is 42.1 Å². The average Bonchev–Trinajstić information content (AvgIpc) is 3.34. The van der Waals surface area contributed by atoms with Crippen molar-refractivity contribution in [3.63, 3.8) is 0 Å². The smallest absolute Gasteiger partial charge is 0.0541 e. The number of likely N-dealkylation sites (tertiary alicyclic amines) is 2. The summed E-state index contributed by atoms with van der Waals surface area (Å²) < 4.78 is 0. The van der Waals surface area contributed by atoms with Gasteiger partial charge in [-0.3, -0.25) is 4.90 Å². The molecule has 0 aliphatic carbocycles. The van der Waals surface area contributed by atoms with Gasteiger partial charge >= 0.3 is 0 Å². The minimum absolute atomic E-state index is 0.179. The molecule has 3 heterocycles. The van der Waals surface area contributed by atoms with E-state index >= 15 is 0 Å². The van der Waals surface area contributed by atoms with E-state index in [2.05, 4.69) is 32.7 Å². The number of nitrogens with zero attached hydrogens (tertiary/aromatic N) is 2. The summed E-state index contributed by atoms with van der Waals surface area (Å²) in [6, 6.07) is 8.12. The molecule has 1 aromatic heterocycles. The van der Waals surface area contributed by atoms with Gasteiger partial charge in [0.1, 0.15) is 0 Å². The standard InChI is InChI=1S/C23H30Cl2N2OS/c1-16(28)17-4-7-26(8-5-17)12-20-13-27(14-22(20)19-6-9-29-15-19)11-18-2-3-21(24)10-23(18)25/h2-3,6,9-10,15-17,20,22,28H,4-5,7-8,11-14H2,1H3/t16-,20?,22?/m0/s1. The van der Waals surface area contributed by atoms with Crippen molar-refractivity contribution in [2.75, 3.05) is 32.7 Å². The Kier molecular flexibility index (Phi) is 7.21. The van der Waals surface area contributed by atoms with Crippen LogP contribution in [-0.4, -0.2) is 53.7 Å². The molecule has 2 unspecified atom stereocenters. The monoisotopic (exact) mass is 452 g/mol. The van der Waals surface area contributed by atoms with Gasteiger partial charge in [0.25, 0.3) is 0 Å². The molecule has 2 aliphatic rings. The second-order valence-corrected chi connectivity index (χ2v) is 10.4. The fourth-order valence-corrected chi connectivity index (χ4v) is 6.17. The Morgan fingerprint density at radius 3 is 2.59 bits per heavy atom. The van der Waals surface area contributed by atoms with Crippen LogP contribution in [0.5, 0.6) is 0 Å². The van der Waals surface area contributed by atoms with Crippen molar-refractivity contribution in [2.45, 2.75) is 38.3 Å². The maximum Gasteiger partial charge on any atom is 0.0541 e. The molecule has 2 fully saturated rings. The second kappa shape index (κ2) is 9.67. The molecule has 1 aromatic carbocycles. The molecule has 0 bridgehead atoms. The molecular weight excluding hydrogens is 423 g/mol. The number of hydrogen-bond donors (Lipinski definition) is 1. The van der Waals surface area contributed by atoms with Crippen LogP contribution < -0.4 is 0 Å². The molecule has 4 rings (SSSR count). The molecule has 0 spiro atoms. The number of piperidine rings is 1. The lowest BCUT2D eigenvalue weighted by molar-refractivity contribution is 0.0660. The zero-order valence-electron chi connectivity index (χ0n) is 16.9. The highest BCUT2D eigenvalue weighted by atomic mass is 35.5. The molecule has 0 saturated carbocycles. The first-order valence-corrected chi connectivity index (χ1v) is 12.3. The van der Waals surface area contributed by atoms with Crippen molar-refractivity contribution >= 4 is 34.5 Å². The van der Waals surface area contributed by atoms with Crippen molar-refractivity contribution in [2.24, 2.45) is 11.8 Å². The Bertz CT molecular complexity index is 790. The number of hydrogen-bond acceptors (Lipinski definition) is 4. The highest BCUT2D eigenvalue weighted by molar-refractivity contribution is 7.08. The molecule has 29 heavy (non-hydrogen) atoms. The number of aliphatic hydroxyl groups is 1. The Labute approximate surface area is 188 Å². The summed E-state index contributed by atoms with van der Waals surface area (Å²) in [6.07, 6.45) is 2.04. The van der Waals surface area contributed by atoms with Crippen molar-refractivity contribution in [1.82, 2.24) is 9.80 Å². The van der Waals surface area contributed by atoms with Gasteiger partial charge in [-0.2, -0.15) is 11.3 Å². The summed E-state index contributed by atoms with van der Waals surface area (Å²) in [7, 11) is 0. The van der Waals surface area contributed by atoms with Crippen molar-refractivity contribution < 1.29 is 5.11 Å². The van der Waals surface area contributed by atoms with Crippen molar-refractivity contribution in [3.05, 3.63) is 56.2 Å². The lowest BCUT2D eigenvalue weighted by Gasteiger charge is -2.35. The van der Waals surface area contributed by atoms with Crippen LogP contribution in [0.1, 0.15) is 36.8 Å². The van der Waals surface area contributed by atoms with Gasteiger partial charge in [0.2, 0.25) is 0 Å². The Hall–Kier alpha value is -0.620. The van der Waals surface area contributed by atoms with Gasteiger partial charge in [0.15, 0.2) is 0 Å². The summed E-state index contributed by atoms with van der Waals surface area (Å²) >= 11 is 14.3. The number of rotatable bonds is 6. The van der Waals surface area contributed by atoms with E-state index in [4.69, 9.17) is 23.2 Å². The Morgan fingerprint density at radius 1 is 1.14 bits per heavy atom. The number of thiophene rings is 1. The first-order valence-electron chi connectivity index (χ1n) is 10.6. The predicted molar refractivity (Wildman–Crippen MR) is 123 cm³/mol. The molecule has 0 amide bonds. The molecule has 2 aliphatic heterocycles. The lowest BCUT2D eigenvalue weighted by atomic mass is 9.88. The molecule has 158 valence electrons. The van der Waals surface area contributed by atoms with Crippen LogP contribution in [0.3, 0.4) is 0 Å². The summed E-state index contributed by atoms with van der Waals surface area (Å²) in [4.78, 5) is 5.16. The van der Waals surface area contributed by atoms with Crippen molar-refractivity contribution in [3.8, 4) is 0 Å². The van der Waals surface area contributed by atoms with Crippen LogP contribution in [-0.2, 0) is 6.54 Å². The van der Waals surface area contributed by atoms with Crippen LogP contribution in [0.4, 0.5) is 0 Å². The molecule has 3 nitrogen and oxygen atoms in total. The number of benzene rings is 1. The first-order chi connectivity index (χ1) is 14.0. The highest BCUT2D eigenvalue weighted by Crippen LogP contribution is 2.36. The van der Waals surface area contributed by atoms with Gasteiger partial charge < -0.3 is 10.0 Å². The number of aliphatic hydroxyl groups excluding tert-OH is 1. The van der Waals surface area contributed by atoms with E-state index in [0.717, 1.165) is 62.7 Å². The molecule has 3 atom stereocenters. The predicted octanol–water partition coefficient (Wildman–Crippen LogP) is 5.36. The normalized spacial score (nSPS) is 25.5. The average molecular weight is 453 g/mol. The maximum atomic E-state index is 9.89. The molecule has 6 heteroatoms. The summed E-state index contributed by atoms with van der Waals surface area (Å²) in [5, 5.41) is 15.8. The van der Waals surface area contributed by atoms with Gasteiger partial charge in [0.05, 0.1) is 6.10 Å². The fraction of sp³-hybridized carbons (Fsp3) is 0.565. The second-order valence-electron chi connectivity index (χ2n) is 8.73. The highest BCUT2D eigenvalue weighted by Gasteiger charge is 2.36. The van der Waals surface area contributed by atoms with E-state index in [1.165, 1.54) is 5.56 Å². The minimum Gasteiger partial charge on any atom is -0.393 e. The van der Waals surface area contributed by atoms with Crippen LogP contribution >= 0.6 is 34.5 Å². The van der Waals surface area contributed by atoms with Gasteiger partial charge in [-0.15, -0.1) is 0 Å². The minimum atomic E-state index is -0.179. The largest absolute Gasteiger partial charge is 0.393 e. The van der Waals surface area contributed by atoms with Crippen LogP contribution in [0.2, 0.25) is 10.0 Å². The molecule has 0 radical (unpaired) electrons. The quantitative estimate of drug-likeness (QED) is 0.638. The molecular formula is C23H30Cl2N2OS. The number of halogens is 2. The SMILES string of the molecule is C[C@H](O)C1CCN(CC2CN(Cc3ccc(Cl)cc3Cl)CC2c2ccsc2)CC1. The fourth-order valence-electron chi connectivity index (χ4n) is 4.98. The molecule has 2 saturated heterocycles. The van der Waals surface area contributed by atoms with Crippen LogP contribution in [0.15, 0.2) is 35.0 Å². The zero-order valence-corrected chi connectivity index (χ0v) is 19.3. The molecule has 1 N–H and O–H groups in total. The lowest BCUT2D eigenvalue weighted by Crippen LogP contribution is -2.40. The summed E-state index contributed by atoms with van der Waals surface area (Å²) in [6.45, 7) is 8.32. The van der Waals surface area contributed by atoms with E-state index < -0.39 is 0 Å². The van der Waals surface area contributed by atoms with E-state index in [1.54, 1.807) is 11.3 Å². The Balaban J connectivity index is 1.42. The van der Waals surface area contributed by atoms with E-state index in [-0.39, 0.29) is 6.10 Å². The third-order valence-electron chi connectivity index (χ3n) is 6.70. The van der Waals surface area contributed by atoms with Crippen LogP contribution in [0, 0.1) is 11.8 Å². The maximum absolute atomic E-state index is 9.89. The summed E-state index contributed by atoms with van der Waals surface area (Å²) in [5.41, 5.74) is 2.63. The third kappa shape index (κ3) is 5.36. The topological polar surface area (TPSA) is 26.7 Å². The third-order valence-corrected chi connectivity index (χ3v) is 7.99. The zero-order chi connectivity index (χ0) is 20.4. The van der Waals surface area contributed by atoms with E-state index in [9.17, 15) is 5.11 Å². The van der Waals surface area contributed by atoms with E-state index in [0.29, 0.717) is 22.8 Å².